The van der Waals surface area contributed by atoms with E-state index in [4.69, 9.17) is 0 Å². The maximum Gasteiger partial charge on any atom is 0.471 e. The summed E-state index contributed by atoms with van der Waals surface area (Å²) in [5.41, 5.74) is 0. The van der Waals surface area contributed by atoms with E-state index >= 15 is 0 Å². The summed E-state index contributed by atoms with van der Waals surface area (Å²) >= 11 is 0. The Hall–Kier alpha value is -1.31. The third-order valence-electron chi connectivity index (χ3n) is 8.56. The molecule has 0 aliphatic heterocycles. The molecule has 0 saturated carbocycles. The molecule has 3 atom stereocenters. The van der Waals surface area contributed by atoms with Gasteiger partial charge in [0.15, 0.2) is 0 Å². The zero-order valence-electron chi connectivity index (χ0n) is 29.5. The topological polar surface area (TPSA) is 166 Å². The largest absolute Gasteiger partial charge is 0.471 e. The van der Waals surface area contributed by atoms with Gasteiger partial charge in [0, 0.05) is 6.42 Å². The van der Waals surface area contributed by atoms with E-state index in [2.05, 4.69) is 32.3 Å². The van der Waals surface area contributed by atoms with Crippen molar-refractivity contribution in [1.29, 1.82) is 0 Å². The summed E-state index contributed by atoms with van der Waals surface area (Å²) in [6.07, 6.45) is 24.7. The Labute approximate surface area is 285 Å². The predicted octanol–water partition coefficient (Wildman–Crippen LogP) is 8.08. The average molecular weight is 697 g/mol. The molecule has 0 aromatic rings. The molecular weight excluding hydrogens is 628 g/mol. The van der Waals surface area contributed by atoms with E-state index in [9.17, 15) is 33.3 Å². The van der Waals surface area contributed by atoms with Crippen molar-refractivity contribution in [2.45, 2.75) is 199 Å². The third-order valence-corrected chi connectivity index (χ3v) is 9.03. The molecule has 0 spiro atoms. The van der Waals surface area contributed by atoms with E-state index in [0.717, 1.165) is 51.4 Å². The molecule has 0 amide bonds. The first kappa shape index (κ1) is 45.7. The maximum atomic E-state index is 12.5. The summed E-state index contributed by atoms with van der Waals surface area (Å²) < 4.78 is 32.0. The molecule has 47 heavy (non-hydrogen) atoms. The molecule has 12 heteroatoms. The van der Waals surface area contributed by atoms with Crippen LogP contribution >= 0.6 is 0 Å². The molecule has 11 nitrogen and oxygen atoms in total. The minimum atomic E-state index is -5.04. The van der Waals surface area contributed by atoms with Crippen molar-refractivity contribution < 1.29 is 51.8 Å². The van der Waals surface area contributed by atoms with Gasteiger partial charge in [0.05, 0.1) is 18.6 Å². The Morgan fingerprint density at radius 1 is 0.553 bits per heavy atom. The summed E-state index contributed by atoms with van der Waals surface area (Å²) in [6.45, 7) is 3.62. The number of hydrogen-bond donors (Lipinski definition) is 3. The molecule has 0 aromatic heterocycles. The van der Waals surface area contributed by atoms with Crippen LogP contribution in [0.2, 0.25) is 0 Å². The van der Waals surface area contributed by atoms with Crippen LogP contribution in [0.3, 0.4) is 0 Å². The van der Waals surface area contributed by atoms with Crippen molar-refractivity contribution in [3.63, 3.8) is 0 Å². The molecule has 0 rings (SSSR count). The Morgan fingerprint density at radius 3 is 1.32 bits per heavy atom. The lowest BCUT2D eigenvalue weighted by atomic mass is 9.92. The lowest BCUT2D eigenvalue weighted by Gasteiger charge is -2.23. The number of unbranched alkanes of at least 4 members (excludes halogenated alkanes) is 23. The van der Waals surface area contributed by atoms with Crippen molar-refractivity contribution in [2.75, 3.05) is 6.61 Å². The third kappa shape index (κ3) is 28.3. The van der Waals surface area contributed by atoms with Crippen LogP contribution in [0.1, 0.15) is 187 Å². The van der Waals surface area contributed by atoms with Crippen LogP contribution in [0.25, 0.3) is 0 Å². The lowest BCUT2D eigenvalue weighted by molar-refractivity contribution is -0.250. The molecule has 0 aliphatic carbocycles. The first-order valence-corrected chi connectivity index (χ1v) is 20.0. The highest BCUT2D eigenvalue weighted by Gasteiger charge is 2.35. The van der Waals surface area contributed by atoms with Gasteiger partial charge in [0.25, 0.3) is 0 Å². The molecule has 0 radical (unpaired) electrons. The average Bonchev–Trinajstić information content (AvgIpc) is 3.06. The van der Waals surface area contributed by atoms with Crippen LogP contribution in [0.15, 0.2) is 0 Å². The Morgan fingerprint density at radius 2 is 0.915 bits per heavy atom. The predicted molar refractivity (Wildman–Crippen MR) is 182 cm³/mol. The van der Waals surface area contributed by atoms with E-state index < -0.39 is 47.1 Å². The smallest absolute Gasteiger partial charge is 0.394 e. The highest BCUT2D eigenvalue weighted by Crippen LogP contribution is 2.21. The molecular formula is C35H68O11S. The summed E-state index contributed by atoms with van der Waals surface area (Å²) in [4.78, 5) is 33.1. The SMILES string of the molecule is CCCCCCCCCCCCCCCC(=O)OOS(=O)(=O)OOC(=O)C(CCCCCCCCCCCCCC)C(O)C(O)CO. The van der Waals surface area contributed by atoms with Gasteiger partial charge in [-0.05, 0) is 21.5 Å². The van der Waals surface area contributed by atoms with Gasteiger partial charge in [0.2, 0.25) is 0 Å². The molecule has 0 saturated heterocycles. The van der Waals surface area contributed by atoms with Gasteiger partial charge >= 0.3 is 22.3 Å². The zero-order chi connectivity index (χ0) is 35.0. The molecule has 0 bridgehead atoms. The van der Waals surface area contributed by atoms with Crippen LogP contribution in [-0.4, -0.2) is 54.5 Å². The van der Waals surface area contributed by atoms with E-state index in [1.807, 2.05) is 0 Å². The summed E-state index contributed by atoms with van der Waals surface area (Å²) in [5, 5.41) is 29.4. The molecule has 3 unspecified atom stereocenters. The van der Waals surface area contributed by atoms with Gasteiger partial charge in [-0.15, -0.1) is 0 Å². The second kappa shape index (κ2) is 31.9. The molecule has 3 N–H and O–H groups in total. The molecule has 0 fully saturated rings. The standard InChI is InChI=1S/C35H68O11S/c1-3-5-7-9-11-13-15-17-19-21-23-25-27-29-33(38)43-45-47(41,42)46-44-35(40)31(34(39)32(37)30-36)28-26-24-22-20-18-16-14-12-10-8-6-4-2/h31-32,34,36-37,39H,3-30H2,1-2H3. The molecule has 280 valence electrons. The van der Waals surface area contributed by atoms with Gasteiger partial charge in [0.1, 0.15) is 6.10 Å². The van der Waals surface area contributed by atoms with Crippen molar-refractivity contribution in [3.8, 4) is 0 Å². The number of rotatable bonds is 35. The number of aliphatic hydroxyl groups is 3. The van der Waals surface area contributed by atoms with Gasteiger partial charge in [-0.3, -0.25) is 9.78 Å². The van der Waals surface area contributed by atoms with E-state index in [1.54, 1.807) is 0 Å². The van der Waals surface area contributed by atoms with Gasteiger partial charge < -0.3 is 15.3 Å². The van der Waals surface area contributed by atoms with Gasteiger partial charge in [-0.2, -0.15) is 8.42 Å². The molecule has 0 aromatic carbocycles. The number of aliphatic hydroxyl groups excluding tert-OH is 3. The van der Waals surface area contributed by atoms with E-state index in [1.165, 1.54) is 96.3 Å². The molecule has 0 aliphatic rings. The first-order valence-electron chi connectivity index (χ1n) is 18.7. The maximum absolute atomic E-state index is 12.5. The minimum absolute atomic E-state index is 0.0422. The summed E-state index contributed by atoms with van der Waals surface area (Å²) in [7, 11) is -5.04. The van der Waals surface area contributed by atoms with Gasteiger partial charge in [-0.1, -0.05) is 168 Å². The monoisotopic (exact) mass is 696 g/mol. The first-order chi connectivity index (χ1) is 22.7. The summed E-state index contributed by atoms with van der Waals surface area (Å²) in [5.74, 6) is -3.52. The van der Waals surface area contributed by atoms with Gasteiger partial charge in [-0.25, -0.2) is 9.59 Å². The highest BCUT2D eigenvalue weighted by atomic mass is 32.3. The Balaban J connectivity index is 4.20. The highest BCUT2D eigenvalue weighted by molar-refractivity contribution is 7.81. The van der Waals surface area contributed by atoms with Crippen LogP contribution in [0, 0.1) is 5.92 Å². The second-order valence-electron chi connectivity index (χ2n) is 12.9. The quantitative estimate of drug-likeness (QED) is 0.0333. The Bertz CT molecular complexity index is 837. The van der Waals surface area contributed by atoms with E-state index in [-0.39, 0.29) is 12.8 Å². The number of carbonyl (C=O) groups excluding carboxylic acids is 2. The Kier molecular flexibility index (Phi) is 31.0. The lowest BCUT2D eigenvalue weighted by Crippen LogP contribution is -2.40. The fraction of sp³-hybridized carbons (Fsp3) is 0.943. The normalized spacial score (nSPS) is 13.7. The van der Waals surface area contributed by atoms with Crippen LogP contribution in [-0.2, 0) is 38.4 Å². The molecule has 0 heterocycles. The number of hydrogen-bond acceptors (Lipinski definition) is 11. The van der Waals surface area contributed by atoms with E-state index in [0.29, 0.717) is 12.8 Å². The zero-order valence-corrected chi connectivity index (χ0v) is 30.4. The fourth-order valence-corrected chi connectivity index (χ4v) is 5.90. The fourth-order valence-electron chi connectivity index (χ4n) is 5.57. The number of carbonyl (C=O) groups is 2. The van der Waals surface area contributed by atoms with Crippen molar-refractivity contribution in [1.82, 2.24) is 0 Å². The van der Waals surface area contributed by atoms with Crippen LogP contribution < -0.4 is 0 Å². The van der Waals surface area contributed by atoms with Crippen molar-refractivity contribution in [2.24, 2.45) is 5.92 Å². The van der Waals surface area contributed by atoms with Crippen molar-refractivity contribution in [3.05, 3.63) is 0 Å². The van der Waals surface area contributed by atoms with Crippen LogP contribution in [0.4, 0.5) is 0 Å². The minimum Gasteiger partial charge on any atom is -0.394 e. The summed E-state index contributed by atoms with van der Waals surface area (Å²) in [6, 6.07) is 0. The van der Waals surface area contributed by atoms with Crippen molar-refractivity contribution >= 4 is 22.3 Å². The second-order valence-corrected chi connectivity index (χ2v) is 14.0. The van der Waals surface area contributed by atoms with Crippen LogP contribution in [0.5, 0.6) is 0 Å².